The largest absolute Gasteiger partial charge is 0.417 e. The minimum absolute atomic E-state index is 0.122. The number of pyridine rings is 1. The average molecular weight is 314 g/mol. The van der Waals surface area contributed by atoms with Crippen LogP contribution in [0.1, 0.15) is 29.3 Å². The van der Waals surface area contributed by atoms with Crippen molar-refractivity contribution in [3.8, 4) is 11.3 Å². The third kappa shape index (κ3) is 3.24. The van der Waals surface area contributed by atoms with E-state index in [4.69, 9.17) is 11.6 Å². The molecule has 0 spiro atoms. The maximum Gasteiger partial charge on any atom is 0.417 e. The Labute approximate surface area is 124 Å². The fourth-order valence-corrected chi connectivity index (χ4v) is 2.18. The summed E-state index contributed by atoms with van der Waals surface area (Å²) in [7, 11) is 0. The molecule has 0 radical (unpaired) electrons. The number of aromatic nitrogens is 1. The van der Waals surface area contributed by atoms with Crippen LogP contribution in [0, 0.1) is 0 Å². The quantitative estimate of drug-likeness (QED) is 0.745. The van der Waals surface area contributed by atoms with Crippen LogP contribution >= 0.6 is 11.6 Å². The van der Waals surface area contributed by atoms with E-state index in [1.165, 1.54) is 0 Å². The fourth-order valence-electron chi connectivity index (χ4n) is 1.91. The van der Waals surface area contributed by atoms with Gasteiger partial charge in [-0.1, -0.05) is 42.8 Å². The van der Waals surface area contributed by atoms with Gasteiger partial charge in [0.25, 0.3) is 0 Å². The summed E-state index contributed by atoms with van der Waals surface area (Å²) < 4.78 is 37.8. The lowest BCUT2D eigenvalue weighted by Crippen LogP contribution is -2.06. The van der Waals surface area contributed by atoms with Gasteiger partial charge in [0.1, 0.15) is 0 Å². The summed E-state index contributed by atoms with van der Waals surface area (Å²) in [6, 6.07) is 7.40. The van der Waals surface area contributed by atoms with E-state index in [9.17, 15) is 18.0 Å². The van der Waals surface area contributed by atoms with Crippen LogP contribution in [0.5, 0.6) is 0 Å². The Morgan fingerprint density at radius 3 is 2.52 bits per heavy atom. The summed E-state index contributed by atoms with van der Waals surface area (Å²) in [6.45, 7) is 1.71. The lowest BCUT2D eigenvalue weighted by atomic mass is 9.99. The molecule has 1 aromatic carbocycles. The lowest BCUT2D eigenvalue weighted by molar-refractivity contribution is -0.137. The normalized spacial score (nSPS) is 11.5. The second-order valence-corrected chi connectivity index (χ2v) is 4.78. The number of nitrogens with zero attached hydrogens (tertiary/aromatic N) is 1. The fraction of sp³-hybridized carbons (Fsp3) is 0.200. The number of carbonyl (C=O) groups is 1. The topological polar surface area (TPSA) is 30.0 Å². The molecule has 0 aliphatic carbocycles. The Balaban J connectivity index is 2.56. The van der Waals surface area contributed by atoms with Gasteiger partial charge in [0.2, 0.25) is 0 Å². The number of hydrogen-bond acceptors (Lipinski definition) is 2. The lowest BCUT2D eigenvalue weighted by Gasteiger charge is -2.11. The van der Waals surface area contributed by atoms with E-state index in [1.54, 1.807) is 31.2 Å². The highest BCUT2D eigenvalue weighted by Gasteiger charge is 2.31. The first-order chi connectivity index (χ1) is 9.84. The molecular formula is C15H11ClF3NO. The standard InChI is InChI=1S/C15H11ClF3NO/c1-2-13(21)10-5-3-4-6-11(10)14-12(16)7-9(8-20-14)15(17,18)19/h3-8H,2H2,1H3. The van der Waals surface area contributed by atoms with Crippen LogP contribution in [-0.2, 0) is 6.18 Å². The highest BCUT2D eigenvalue weighted by Crippen LogP contribution is 2.35. The Kier molecular flexibility index (Phi) is 4.32. The number of alkyl halides is 3. The number of carbonyl (C=O) groups excluding carboxylic acids is 1. The summed E-state index contributed by atoms with van der Waals surface area (Å²) in [4.78, 5) is 15.7. The molecule has 6 heteroatoms. The first kappa shape index (κ1) is 15.5. The molecule has 21 heavy (non-hydrogen) atoms. The van der Waals surface area contributed by atoms with Gasteiger partial charge in [-0.15, -0.1) is 0 Å². The van der Waals surface area contributed by atoms with Crippen molar-refractivity contribution in [2.45, 2.75) is 19.5 Å². The number of ketones is 1. The zero-order chi connectivity index (χ0) is 15.6. The molecule has 0 saturated heterocycles. The molecule has 2 rings (SSSR count). The van der Waals surface area contributed by atoms with Crippen molar-refractivity contribution in [2.75, 3.05) is 0 Å². The van der Waals surface area contributed by atoms with Crippen LogP contribution in [0.15, 0.2) is 36.5 Å². The smallest absolute Gasteiger partial charge is 0.294 e. The van der Waals surface area contributed by atoms with Crippen molar-refractivity contribution >= 4 is 17.4 Å². The first-order valence-electron chi connectivity index (χ1n) is 6.20. The number of rotatable bonds is 3. The minimum atomic E-state index is -4.51. The number of Topliss-reactive ketones (excluding diaryl/α,β-unsaturated/α-hetero) is 1. The molecule has 0 amide bonds. The van der Waals surface area contributed by atoms with Crippen molar-refractivity contribution in [3.63, 3.8) is 0 Å². The Morgan fingerprint density at radius 1 is 1.29 bits per heavy atom. The summed E-state index contributed by atoms with van der Waals surface area (Å²) >= 11 is 5.92. The zero-order valence-corrected chi connectivity index (χ0v) is 11.8. The molecule has 110 valence electrons. The van der Waals surface area contributed by atoms with E-state index in [1.807, 2.05) is 0 Å². The Bertz CT molecular complexity index is 683. The molecule has 0 bridgehead atoms. The van der Waals surface area contributed by atoms with Gasteiger partial charge in [0.05, 0.1) is 16.3 Å². The van der Waals surface area contributed by atoms with E-state index < -0.39 is 11.7 Å². The summed E-state index contributed by atoms with van der Waals surface area (Å²) in [5, 5.41) is -0.138. The molecule has 0 aliphatic rings. The Morgan fingerprint density at radius 2 is 1.95 bits per heavy atom. The maximum absolute atomic E-state index is 12.6. The first-order valence-corrected chi connectivity index (χ1v) is 6.57. The van der Waals surface area contributed by atoms with E-state index >= 15 is 0 Å². The maximum atomic E-state index is 12.6. The van der Waals surface area contributed by atoms with E-state index in [-0.39, 0.29) is 22.9 Å². The zero-order valence-electron chi connectivity index (χ0n) is 11.0. The van der Waals surface area contributed by atoms with Crippen LogP contribution in [-0.4, -0.2) is 10.8 Å². The van der Waals surface area contributed by atoms with Crippen LogP contribution in [0.2, 0.25) is 5.02 Å². The SMILES string of the molecule is CCC(=O)c1ccccc1-c1ncc(C(F)(F)F)cc1Cl. The van der Waals surface area contributed by atoms with E-state index in [0.29, 0.717) is 17.3 Å². The van der Waals surface area contributed by atoms with Gasteiger partial charge in [-0.25, -0.2) is 0 Å². The van der Waals surface area contributed by atoms with E-state index in [2.05, 4.69) is 4.98 Å². The van der Waals surface area contributed by atoms with Crippen LogP contribution < -0.4 is 0 Å². The summed E-state index contributed by atoms with van der Waals surface area (Å²) in [5.41, 5.74) is 0.0786. The molecular weight excluding hydrogens is 303 g/mol. The predicted molar refractivity (Wildman–Crippen MR) is 74.3 cm³/mol. The van der Waals surface area contributed by atoms with Crippen molar-refractivity contribution in [2.24, 2.45) is 0 Å². The molecule has 0 saturated carbocycles. The monoisotopic (exact) mass is 313 g/mol. The highest BCUT2D eigenvalue weighted by molar-refractivity contribution is 6.33. The number of benzene rings is 1. The molecule has 0 unspecified atom stereocenters. The predicted octanol–water partition coefficient (Wildman–Crippen LogP) is 5.01. The van der Waals surface area contributed by atoms with Gasteiger partial charge in [-0.2, -0.15) is 13.2 Å². The van der Waals surface area contributed by atoms with Gasteiger partial charge >= 0.3 is 6.18 Å². The van der Waals surface area contributed by atoms with E-state index in [0.717, 1.165) is 6.07 Å². The third-order valence-corrected chi connectivity index (χ3v) is 3.26. The second kappa shape index (κ2) is 5.85. The number of hydrogen-bond donors (Lipinski definition) is 0. The molecule has 2 aromatic rings. The van der Waals surface area contributed by atoms with Gasteiger partial charge in [-0.05, 0) is 6.07 Å². The van der Waals surface area contributed by atoms with Gasteiger partial charge in [-0.3, -0.25) is 9.78 Å². The van der Waals surface area contributed by atoms with Crippen molar-refractivity contribution < 1.29 is 18.0 Å². The average Bonchev–Trinajstić information content (AvgIpc) is 2.45. The van der Waals surface area contributed by atoms with Crippen molar-refractivity contribution in [3.05, 3.63) is 52.7 Å². The molecule has 1 aromatic heterocycles. The molecule has 0 N–H and O–H groups in total. The molecule has 0 aliphatic heterocycles. The number of halogens is 4. The van der Waals surface area contributed by atoms with Crippen molar-refractivity contribution in [1.82, 2.24) is 4.98 Å². The summed E-state index contributed by atoms with van der Waals surface area (Å²) in [5.74, 6) is -0.122. The molecule has 0 fully saturated rings. The van der Waals surface area contributed by atoms with Gasteiger partial charge in [0.15, 0.2) is 5.78 Å². The third-order valence-electron chi connectivity index (χ3n) is 2.97. The van der Waals surface area contributed by atoms with Crippen LogP contribution in [0.4, 0.5) is 13.2 Å². The minimum Gasteiger partial charge on any atom is -0.294 e. The van der Waals surface area contributed by atoms with Crippen LogP contribution in [0.3, 0.4) is 0 Å². The van der Waals surface area contributed by atoms with Crippen molar-refractivity contribution in [1.29, 1.82) is 0 Å². The Hall–Kier alpha value is -1.88. The summed E-state index contributed by atoms with van der Waals surface area (Å²) in [6.07, 6.45) is -3.50. The van der Waals surface area contributed by atoms with Gasteiger partial charge < -0.3 is 0 Å². The molecule has 0 atom stereocenters. The molecule has 1 heterocycles. The molecule has 2 nitrogen and oxygen atoms in total. The van der Waals surface area contributed by atoms with Gasteiger partial charge in [0, 0.05) is 23.7 Å². The highest BCUT2D eigenvalue weighted by atomic mass is 35.5. The second-order valence-electron chi connectivity index (χ2n) is 4.37. The van der Waals surface area contributed by atoms with Crippen LogP contribution in [0.25, 0.3) is 11.3 Å².